The van der Waals surface area contributed by atoms with Crippen LogP contribution in [0.2, 0.25) is 0 Å². The minimum Gasteiger partial charge on any atom is -0.507 e. The second kappa shape index (κ2) is 9.53. The third-order valence-corrected chi connectivity index (χ3v) is 7.02. The van der Waals surface area contributed by atoms with Gasteiger partial charge in [-0.15, -0.1) is 0 Å². The quantitative estimate of drug-likeness (QED) is 0.289. The topological polar surface area (TPSA) is 70.1 Å². The maximum absolute atomic E-state index is 13.4. The van der Waals surface area contributed by atoms with E-state index in [4.69, 9.17) is 4.74 Å². The first kappa shape index (κ1) is 23.7. The Bertz CT molecular complexity index is 1360. The Kier molecular flexibility index (Phi) is 6.27. The van der Waals surface area contributed by atoms with Crippen molar-refractivity contribution < 1.29 is 19.4 Å². The molecule has 1 amide bonds. The lowest BCUT2D eigenvalue weighted by molar-refractivity contribution is -0.132. The van der Waals surface area contributed by atoms with Crippen LogP contribution in [-0.2, 0) is 16.0 Å². The molecule has 1 atom stereocenters. The zero-order chi connectivity index (χ0) is 25.4. The van der Waals surface area contributed by atoms with Crippen molar-refractivity contribution in [3.05, 3.63) is 94.6 Å². The summed E-state index contributed by atoms with van der Waals surface area (Å²) in [4.78, 5) is 30.6. The van der Waals surface area contributed by atoms with E-state index in [1.807, 2.05) is 67.6 Å². The van der Waals surface area contributed by atoms with Crippen LogP contribution in [0, 0.1) is 6.92 Å². The van der Waals surface area contributed by atoms with Gasteiger partial charge in [0, 0.05) is 36.4 Å². The summed E-state index contributed by atoms with van der Waals surface area (Å²) in [7, 11) is 0. The van der Waals surface area contributed by atoms with Crippen LogP contribution >= 0.6 is 0 Å². The van der Waals surface area contributed by atoms with Crippen molar-refractivity contribution in [1.29, 1.82) is 0 Å². The van der Waals surface area contributed by atoms with Crippen LogP contribution in [0.4, 0.5) is 11.4 Å². The largest absolute Gasteiger partial charge is 0.507 e. The Morgan fingerprint density at radius 1 is 1.03 bits per heavy atom. The number of aryl methyl sites for hydroxylation is 1. The SMILES string of the molecule is CCN(CC)c1ccc(C2/C(=C(/O)c3ccc4c(c3)CCO4)C(=O)C(=O)N2c2cccc(C)c2)cc1. The van der Waals surface area contributed by atoms with Crippen LogP contribution in [0.15, 0.2) is 72.3 Å². The highest BCUT2D eigenvalue weighted by atomic mass is 16.5. The van der Waals surface area contributed by atoms with Gasteiger partial charge in [-0.3, -0.25) is 14.5 Å². The lowest BCUT2D eigenvalue weighted by Gasteiger charge is -2.27. The van der Waals surface area contributed by atoms with Gasteiger partial charge in [0.05, 0.1) is 18.2 Å². The van der Waals surface area contributed by atoms with Crippen LogP contribution < -0.4 is 14.5 Å². The molecular formula is C30H30N2O4. The van der Waals surface area contributed by atoms with Gasteiger partial charge >= 0.3 is 0 Å². The normalized spacial score (nSPS) is 18.3. The van der Waals surface area contributed by atoms with Gasteiger partial charge in [-0.1, -0.05) is 24.3 Å². The summed E-state index contributed by atoms with van der Waals surface area (Å²) in [6.07, 6.45) is 0.740. The molecule has 3 aromatic rings. The van der Waals surface area contributed by atoms with Gasteiger partial charge < -0.3 is 14.7 Å². The van der Waals surface area contributed by atoms with Crippen molar-refractivity contribution in [3.8, 4) is 5.75 Å². The number of aliphatic hydroxyl groups is 1. The highest BCUT2D eigenvalue weighted by Crippen LogP contribution is 2.43. The van der Waals surface area contributed by atoms with E-state index in [1.165, 1.54) is 4.90 Å². The molecule has 6 heteroatoms. The number of nitrogens with zero attached hydrogens (tertiary/aromatic N) is 2. The smallest absolute Gasteiger partial charge is 0.300 e. The summed E-state index contributed by atoms with van der Waals surface area (Å²) in [5.41, 5.74) is 5.00. The number of carbonyl (C=O) groups is 2. The molecule has 3 aromatic carbocycles. The van der Waals surface area contributed by atoms with E-state index in [2.05, 4.69) is 18.7 Å². The average molecular weight is 483 g/mol. The zero-order valence-corrected chi connectivity index (χ0v) is 20.8. The van der Waals surface area contributed by atoms with E-state index in [0.717, 1.165) is 47.6 Å². The molecule has 0 aliphatic carbocycles. The monoisotopic (exact) mass is 482 g/mol. The molecule has 1 unspecified atom stereocenters. The highest BCUT2D eigenvalue weighted by molar-refractivity contribution is 6.51. The van der Waals surface area contributed by atoms with E-state index in [1.54, 1.807) is 6.07 Å². The number of hydrogen-bond donors (Lipinski definition) is 1. The van der Waals surface area contributed by atoms with Gasteiger partial charge in [0.15, 0.2) is 0 Å². The number of rotatable bonds is 6. The van der Waals surface area contributed by atoms with Crippen molar-refractivity contribution in [3.63, 3.8) is 0 Å². The third-order valence-electron chi connectivity index (χ3n) is 7.02. The van der Waals surface area contributed by atoms with Crippen LogP contribution in [-0.4, -0.2) is 36.5 Å². The van der Waals surface area contributed by atoms with Gasteiger partial charge in [0.25, 0.3) is 11.7 Å². The Labute approximate surface area is 211 Å². The molecule has 0 aromatic heterocycles. The van der Waals surface area contributed by atoms with Crippen LogP contribution in [0.25, 0.3) is 5.76 Å². The molecule has 36 heavy (non-hydrogen) atoms. The van der Waals surface area contributed by atoms with Crippen LogP contribution in [0.5, 0.6) is 5.75 Å². The Morgan fingerprint density at radius 3 is 2.47 bits per heavy atom. The molecular weight excluding hydrogens is 452 g/mol. The Hall–Kier alpha value is -4.06. The predicted octanol–water partition coefficient (Wildman–Crippen LogP) is 5.40. The first-order chi connectivity index (χ1) is 17.4. The molecule has 2 heterocycles. The van der Waals surface area contributed by atoms with E-state index < -0.39 is 17.7 Å². The van der Waals surface area contributed by atoms with Crippen molar-refractivity contribution in [2.24, 2.45) is 0 Å². The maximum Gasteiger partial charge on any atom is 0.300 e. The summed E-state index contributed by atoms with van der Waals surface area (Å²) < 4.78 is 5.59. The van der Waals surface area contributed by atoms with Crippen LogP contribution in [0.1, 0.15) is 42.1 Å². The maximum atomic E-state index is 13.4. The zero-order valence-electron chi connectivity index (χ0n) is 20.8. The fourth-order valence-corrected chi connectivity index (χ4v) is 5.14. The summed E-state index contributed by atoms with van der Waals surface area (Å²) in [6, 6.07) is 20.1. The standard InChI is InChI=1S/C30H30N2O4/c1-4-31(5-2)23-12-9-20(10-13-23)27-26(28(33)22-11-14-25-21(18-22)15-16-36-25)29(34)30(35)32(27)24-8-6-7-19(3)17-24/h6-14,17-18,27,33H,4-5,15-16H2,1-3H3/b28-26-. The second-order valence-electron chi connectivity index (χ2n) is 9.19. The lowest BCUT2D eigenvalue weighted by atomic mass is 9.94. The van der Waals surface area contributed by atoms with Gasteiger partial charge in [-0.2, -0.15) is 0 Å². The Balaban J connectivity index is 1.67. The van der Waals surface area contributed by atoms with Gasteiger partial charge in [-0.05, 0) is 79.9 Å². The number of carbonyl (C=O) groups excluding carboxylic acids is 2. The summed E-state index contributed by atoms with van der Waals surface area (Å²) in [5.74, 6) is -0.723. The first-order valence-corrected chi connectivity index (χ1v) is 12.4. The molecule has 1 saturated heterocycles. The average Bonchev–Trinajstić information content (AvgIpc) is 3.46. The summed E-state index contributed by atoms with van der Waals surface area (Å²) >= 11 is 0. The number of Topliss-reactive ketones (excluding diaryl/α,β-unsaturated/α-hetero) is 1. The molecule has 0 bridgehead atoms. The second-order valence-corrected chi connectivity index (χ2v) is 9.19. The van der Waals surface area contributed by atoms with Crippen molar-refractivity contribution in [1.82, 2.24) is 0 Å². The minimum absolute atomic E-state index is 0.0935. The summed E-state index contributed by atoms with van der Waals surface area (Å²) in [5, 5.41) is 11.4. The Morgan fingerprint density at radius 2 is 1.78 bits per heavy atom. The molecule has 0 radical (unpaired) electrons. The van der Waals surface area contributed by atoms with Crippen molar-refractivity contribution in [2.45, 2.75) is 33.2 Å². The van der Waals surface area contributed by atoms with Crippen LogP contribution in [0.3, 0.4) is 0 Å². The van der Waals surface area contributed by atoms with E-state index in [-0.39, 0.29) is 11.3 Å². The predicted molar refractivity (Wildman–Crippen MR) is 142 cm³/mol. The van der Waals surface area contributed by atoms with Crippen molar-refractivity contribution in [2.75, 3.05) is 29.5 Å². The summed E-state index contributed by atoms with van der Waals surface area (Å²) in [6.45, 7) is 8.49. The number of aliphatic hydroxyl groups excluding tert-OH is 1. The first-order valence-electron chi connectivity index (χ1n) is 12.4. The molecule has 184 valence electrons. The number of hydrogen-bond acceptors (Lipinski definition) is 5. The molecule has 0 spiro atoms. The number of benzene rings is 3. The van der Waals surface area contributed by atoms with Crippen molar-refractivity contribution >= 4 is 28.8 Å². The molecule has 5 rings (SSSR count). The number of amides is 1. The highest BCUT2D eigenvalue weighted by Gasteiger charge is 2.47. The number of anilines is 2. The minimum atomic E-state index is -0.748. The molecule has 1 fully saturated rings. The molecule has 6 nitrogen and oxygen atoms in total. The molecule has 2 aliphatic heterocycles. The fraction of sp³-hybridized carbons (Fsp3) is 0.267. The number of ether oxygens (including phenoxy) is 1. The number of fused-ring (bicyclic) bond motifs is 1. The molecule has 0 saturated carbocycles. The molecule has 1 N–H and O–H groups in total. The third kappa shape index (κ3) is 4.02. The van der Waals surface area contributed by atoms with E-state index in [9.17, 15) is 14.7 Å². The van der Waals surface area contributed by atoms with Gasteiger partial charge in [0.1, 0.15) is 11.5 Å². The van der Waals surface area contributed by atoms with Gasteiger partial charge in [-0.25, -0.2) is 0 Å². The van der Waals surface area contributed by atoms with E-state index in [0.29, 0.717) is 17.9 Å². The molecule has 2 aliphatic rings. The fourth-order valence-electron chi connectivity index (χ4n) is 5.14. The lowest BCUT2D eigenvalue weighted by Crippen LogP contribution is -2.29. The number of ketones is 1. The van der Waals surface area contributed by atoms with Gasteiger partial charge in [0.2, 0.25) is 0 Å². The van der Waals surface area contributed by atoms with E-state index >= 15 is 0 Å².